The molecule has 4 rings (SSSR count). The maximum Gasteiger partial charge on any atom is 0.280 e. The summed E-state index contributed by atoms with van der Waals surface area (Å²) in [6.07, 6.45) is 1.54. The zero-order valence-electron chi connectivity index (χ0n) is 17.0. The van der Waals surface area contributed by atoms with Crippen molar-refractivity contribution in [1.29, 1.82) is 0 Å². The first-order valence-electron chi connectivity index (χ1n) is 9.58. The first kappa shape index (κ1) is 20.6. The van der Waals surface area contributed by atoms with Crippen LogP contribution >= 0.6 is 11.6 Å². The van der Waals surface area contributed by atoms with Crippen LogP contribution in [0.1, 0.15) is 32.9 Å². The summed E-state index contributed by atoms with van der Waals surface area (Å²) in [5.41, 5.74) is 2.72. The Bertz CT molecular complexity index is 1200. The Labute approximate surface area is 183 Å². The number of nitrogens with zero attached hydrogens (tertiary/aromatic N) is 4. The van der Waals surface area contributed by atoms with Gasteiger partial charge in [0.25, 0.3) is 5.91 Å². The maximum atomic E-state index is 12.7. The number of carbonyl (C=O) groups excluding carboxylic acids is 1. The molecule has 0 bridgehead atoms. The lowest BCUT2D eigenvalue weighted by atomic mass is 10.2. The van der Waals surface area contributed by atoms with E-state index >= 15 is 0 Å². The fourth-order valence-electron chi connectivity index (χ4n) is 2.97. The standard InChI is InChI=1S/C22H20ClN5O3/c1-14-5-3-4-6-19(14)30-12-18-15(2)31-27-20(18)21(29)25-22-24-13-28(26-22)11-16-7-9-17(23)10-8-16/h3-10,13H,11-12H2,1-2H3,(H,25,26,29). The van der Waals surface area contributed by atoms with E-state index in [9.17, 15) is 4.79 Å². The monoisotopic (exact) mass is 437 g/mol. The molecule has 0 fully saturated rings. The third kappa shape index (κ3) is 4.92. The predicted octanol–water partition coefficient (Wildman–Crippen LogP) is 4.42. The van der Waals surface area contributed by atoms with E-state index < -0.39 is 5.91 Å². The molecule has 0 saturated heterocycles. The number of para-hydroxylation sites is 1. The molecule has 31 heavy (non-hydrogen) atoms. The second kappa shape index (κ2) is 9.01. The number of aromatic nitrogens is 4. The molecule has 2 aromatic carbocycles. The Morgan fingerprint density at radius 3 is 2.71 bits per heavy atom. The molecule has 0 saturated carbocycles. The molecule has 2 aromatic heterocycles. The van der Waals surface area contributed by atoms with Gasteiger partial charge in [0.2, 0.25) is 5.95 Å². The Kier molecular flexibility index (Phi) is 5.99. The minimum atomic E-state index is -0.468. The molecule has 1 N–H and O–H groups in total. The molecule has 0 atom stereocenters. The van der Waals surface area contributed by atoms with Gasteiger partial charge < -0.3 is 9.26 Å². The van der Waals surface area contributed by atoms with Crippen LogP contribution in [0.4, 0.5) is 5.95 Å². The lowest BCUT2D eigenvalue weighted by Gasteiger charge is -2.08. The van der Waals surface area contributed by atoms with E-state index in [1.54, 1.807) is 17.9 Å². The molecule has 0 aliphatic heterocycles. The zero-order chi connectivity index (χ0) is 21.8. The van der Waals surface area contributed by atoms with Crippen molar-refractivity contribution in [1.82, 2.24) is 19.9 Å². The summed E-state index contributed by atoms with van der Waals surface area (Å²) in [6, 6.07) is 15.1. The van der Waals surface area contributed by atoms with Crippen molar-refractivity contribution in [2.45, 2.75) is 27.0 Å². The van der Waals surface area contributed by atoms with Crippen molar-refractivity contribution in [2.75, 3.05) is 5.32 Å². The van der Waals surface area contributed by atoms with Gasteiger partial charge in [-0.2, -0.15) is 0 Å². The van der Waals surface area contributed by atoms with Gasteiger partial charge in [-0.3, -0.25) is 10.1 Å². The number of aryl methyl sites for hydroxylation is 2. The van der Waals surface area contributed by atoms with E-state index in [0.29, 0.717) is 22.9 Å². The normalized spacial score (nSPS) is 10.8. The van der Waals surface area contributed by atoms with Gasteiger partial charge in [-0.05, 0) is 43.2 Å². The zero-order valence-corrected chi connectivity index (χ0v) is 17.8. The van der Waals surface area contributed by atoms with Crippen molar-refractivity contribution in [3.8, 4) is 5.75 Å². The van der Waals surface area contributed by atoms with Gasteiger partial charge >= 0.3 is 0 Å². The van der Waals surface area contributed by atoms with Crippen LogP contribution < -0.4 is 10.1 Å². The van der Waals surface area contributed by atoms with Gasteiger partial charge in [0.15, 0.2) is 5.69 Å². The van der Waals surface area contributed by atoms with Gasteiger partial charge in [-0.25, -0.2) is 9.67 Å². The van der Waals surface area contributed by atoms with Crippen LogP contribution in [0.15, 0.2) is 59.4 Å². The molecule has 158 valence electrons. The highest BCUT2D eigenvalue weighted by Gasteiger charge is 2.22. The Balaban J connectivity index is 1.43. The number of amides is 1. The molecule has 1 amide bonds. The van der Waals surface area contributed by atoms with Gasteiger partial charge in [0.05, 0.1) is 12.1 Å². The van der Waals surface area contributed by atoms with E-state index in [1.165, 1.54) is 0 Å². The first-order chi connectivity index (χ1) is 15.0. The average molecular weight is 438 g/mol. The smallest absolute Gasteiger partial charge is 0.280 e. The third-order valence-electron chi connectivity index (χ3n) is 4.69. The number of benzene rings is 2. The largest absolute Gasteiger partial charge is 0.488 e. The van der Waals surface area contributed by atoms with E-state index in [4.69, 9.17) is 20.9 Å². The number of nitrogens with one attached hydrogen (secondary N) is 1. The van der Waals surface area contributed by atoms with Crippen LogP contribution in [0.5, 0.6) is 5.75 Å². The SMILES string of the molecule is Cc1ccccc1OCc1c(C(=O)Nc2ncn(Cc3ccc(Cl)cc3)n2)noc1C. The average Bonchev–Trinajstić information content (AvgIpc) is 3.35. The Hall–Kier alpha value is -3.65. The van der Waals surface area contributed by atoms with Gasteiger partial charge in [0, 0.05) is 5.02 Å². The van der Waals surface area contributed by atoms with Gasteiger partial charge in [0.1, 0.15) is 24.4 Å². The number of hydrogen-bond donors (Lipinski definition) is 1. The molecular formula is C22H20ClN5O3. The Morgan fingerprint density at radius 2 is 1.94 bits per heavy atom. The minimum absolute atomic E-state index is 0.139. The van der Waals surface area contributed by atoms with Crippen molar-refractivity contribution in [2.24, 2.45) is 0 Å². The van der Waals surface area contributed by atoms with Crippen LogP contribution in [-0.2, 0) is 13.2 Å². The molecule has 0 unspecified atom stereocenters. The fraction of sp³-hybridized carbons (Fsp3) is 0.182. The van der Waals surface area contributed by atoms with E-state index in [1.807, 2.05) is 55.5 Å². The molecular weight excluding hydrogens is 418 g/mol. The molecule has 2 heterocycles. The van der Waals surface area contributed by atoms with E-state index in [-0.39, 0.29) is 18.2 Å². The highest BCUT2D eigenvalue weighted by Crippen LogP contribution is 2.21. The number of anilines is 1. The summed E-state index contributed by atoms with van der Waals surface area (Å²) >= 11 is 5.91. The second-order valence-electron chi connectivity index (χ2n) is 6.97. The molecule has 0 aliphatic rings. The fourth-order valence-corrected chi connectivity index (χ4v) is 3.10. The predicted molar refractivity (Wildman–Crippen MR) is 115 cm³/mol. The molecule has 0 aliphatic carbocycles. The highest BCUT2D eigenvalue weighted by molar-refractivity contribution is 6.30. The molecule has 4 aromatic rings. The lowest BCUT2D eigenvalue weighted by molar-refractivity contribution is 0.101. The van der Waals surface area contributed by atoms with Crippen LogP contribution in [0.2, 0.25) is 5.02 Å². The van der Waals surface area contributed by atoms with E-state index in [0.717, 1.165) is 16.9 Å². The van der Waals surface area contributed by atoms with Crippen LogP contribution in [0, 0.1) is 13.8 Å². The molecule has 9 heteroatoms. The summed E-state index contributed by atoms with van der Waals surface area (Å²) in [7, 11) is 0. The van der Waals surface area contributed by atoms with Gasteiger partial charge in [-0.15, -0.1) is 5.10 Å². The van der Waals surface area contributed by atoms with Crippen molar-refractivity contribution in [3.05, 3.63) is 88.0 Å². The second-order valence-corrected chi connectivity index (χ2v) is 7.40. The summed E-state index contributed by atoms with van der Waals surface area (Å²) in [6.45, 7) is 4.34. The number of rotatable bonds is 7. The number of hydrogen-bond acceptors (Lipinski definition) is 6. The van der Waals surface area contributed by atoms with Crippen molar-refractivity contribution in [3.63, 3.8) is 0 Å². The highest BCUT2D eigenvalue weighted by atomic mass is 35.5. The van der Waals surface area contributed by atoms with Crippen LogP contribution in [0.25, 0.3) is 0 Å². The summed E-state index contributed by atoms with van der Waals surface area (Å²) < 4.78 is 12.7. The summed E-state index contributed by atoms with van der Waals surface area (Å²) in [4.78, 5) is 16.9. The molecule has 0 radical (unpaired) electrons. The summed E-state index contributed by atoms with van der Waals surface area (Å²) in [5, 5.41) is 11.5. The third-order valence-corrected chi connectivity index (χ3v) is 4.94. The molecule has 0 spiro atoms. The lowest BCUT2D eigenvalue weighted by Crippen LogP contribution is -2.16. The number of ether oxygens (including phenoxy) is 1. The summed E-state index contributed by atoms with van der Waals surface area (Å²) in [5.74, 6) is 0.951. The van der Waals surface area contributed by atoms with Gasteiger partial charge in [-0.1, -0.05) is 47.1 Å². The first-order valence-corrected chi connectivity index (χ1v) is 9.96. The topological polar surface area (TPSA) is 95.1 Å². The minimum Gasteiger partial charge on any atom is -0.488 e. The number of carbonyl (C=O) groups is 1. The van der Waals surface area contributed by atoms with Crippen molar-refractivity contribution >= 4 is 23.5 Å². The van der Waals surface area contributed by atoms with E-state index in [2.05, 4.69) is 20.6 Å². The maximum absolute atomic E-state index is 12.7. The van der Waals surface area contributed by atoms with Crippen molar-refractivity contribution < 1.29 is 14.1 Å². The number of halogens is 1. The Morgan fingerprint density at radius 1 is 1.16 bits per heavy atom. The quantitative estimate of drug-likeness (QED) is 0.460. The van der Waals surface area contributed by atoms with Crippen LogP contribution in [-0.4, -0.2) is 25.8 Å². The molecule has 8 nitrogen and oxygen atoms in total. The van der Waals surface area contributed by atoms with Crippen LogP contribution in [0.3, 0.4) is 0 Å².